The van der Waals surface area contributed by atoms with E-state index in [1.54, 1.807) is 6.20 Å². The van der Waals surface area contributed by atoms with E-state index in [0.717, 1.165) is 23.8 Å². The molecule has 1 aromatic rings. The minimum Gasteiger partial charge on any atom is -0.341 e. The van der Waals surface area contributed by atoms with Crippen LogP contribution in [0.3, 0.4) is 0 Å². The molecule has 4 nitrogen and oxygen atoms in total. The third kappa shape index (κ3) is 3.64. The standard InChI is InChI=1S/C11H20N4S/c1-9(5-7-16-3)15(2)11-13-6-4-10(8-12)14-11/h4,6,9H,5,7-8,12H2,1-3H3. The monoisotopic (exact) mass is 240 g/mol. The van der Waals surface area contributed by atoms with E-state index in [4.69, 9.17) is 5.73 Å². The van der Waals surface area contributed by atoms with E-state index >= 15 is 0 Å². The normalized spacial score (nSPS) is 12.5. The van der Waals surface area contributed by atoms with Crippen LogP contribution in [0.4, 0.5) is 5.95 Å². The highest BCUT2D eigenvalue weighted by molar-refractivity contribution is 7.98. The predicted molar refractivity (Wildman–Crippen MR) is 70.8 cm³/mol. The molecule has 0 aliphatic carbocycles. The second kappa shape index (κ2) is 6.70. The van der Waals surface area contributed by atoms with Crippen molar-refractivity contribution >= 4 is 17.7 Å². The molecule has 0 aromatic carbocycles. The number of hydrogen-bond donors (Lipinski definition) is 1. The first kappa shape index (κ1) is 13.3. The largest absolute Gasteiger partial charge is 0.341 e. The molecule has 16 heavy (non-hydrogen) atoms. The Balaban J connectivity index is 2.67. The van der Waals surface area contributed by atoms with Gasteiger partial charge in [-0.05, 0) is 31.4 Å². The van der Waals surface area contributed by atoms with Crippen molar-refractivity contribution < 1.29 is 0 Å². The van der Waals surface area contributed by atoms with Crippen molar-refractivity contribution in [3.05, 3.63) is 18.0 Å². The molecule has 0 aliphatic heterocycles. The maximum absolute atomic E-state index is 5.56. The SMILES string of the molecule is CSCCC(C)N(C)c1nccc(CN)n1. The van der Waals surface area contributed by atoms with Crippen molar-refractivity contribution in [2.45, 2.75) is 25.9 Å². The first-order valence-corrected chi connectivity index (χ1v) is 6.82. The number of thioether (sulfide) groups is 1. The summed E-state index contributed by atoms with van der Waals surface area (Å²) in [5, 5.41) is 0. The van der Waals surface area contributed by atoms with E-state index < -0.39 is 0 Å². The average molecular weight is 240 g/mol. The zero-order chi connectivity index (χ0) is 12.0. The first-order valence-electron chi connectivity index (χ1n) is 5.42. The average Bonchev–Trinajstić information content (AvgIpc) is 2.35. The Morgan fingerprint density at radius 2 is 2.31 bits per heavy atom. The van der Waals surface area contributed by atoms with E-state index in [0.29, 0.717) is 12.6 Å². The van der Waals surface area contributed by atoms with Crippen molar-refractivity contribution in [1.82, 2.24) is 9.97 Å². The maximum atomic E-state index is 5.56. The number of aromatic nitrogens is 2. The van der Waals surface area contributed by atoms with Crippen molar-refractivity contribution in [3.8, 4) is 0 Å². The highest BCUT2D eigenvalue weighted by Gasteiger charge is 2.12. The third-order valence-electron chi connectivity index (χ3n) is 2.63. The van der Waals surface area contributed by atoms with Gasteiger partial charge in [-0.15, -0.1) is 0 Å². The predicted octanol–water partition coefficient (Wildman–Crippen LogP) is 1.51. The molecule has 0 fully saturated rings. The Morgan fingerprint density at radius 1 is 1.56 bits per heavy atom. The summed E-state index contributed by atoms with van der Waals surface area (Å²) in [4.78, 5) is 10.8. The molecule has 0 spiro atoms. The van der Waals surface area contributed by atoms with E-state index in [1.807, 2.05) is 24.9 Å². The van der Waals surface area contributed by atoms with Gasteiger partial charge in [-0.1, -0.05) is 0 Å². The quantitative estimate of drug-likeness (QED) is 0.817. The lowest BCUT2D eigenvalue weighted by atomic mass is 10.2. The topological polar surface area (TPSA) is 55.0 Å². The Morgan fingerprint density at radius 3 is 2.94 bits per heavy atom. The summed E-state index contributed by atoms with van der Waals surface area (Å²) in [5.41, 5.74) is 6.45. The van der Waals surface area contributed by atoms with Gasteiger partial charge >= 0.3 is 0 Å². The molecule has 2 N–H and O–H groups in total. The number of nitrogens with zero attached hydrogens (tertiary/aromatic N) is 3. The number of hydrogen-bond acceptors (Lipinski definition) is 5. The molecule has 0 amide bonds. The van der Waals surface area contributed by atoms with E-state index in [9.17, 15) is 0 Å². The minimum atomic E-state index is 0.445. The van der Waals surface area contributed by atoms with Gasteiger partial charge in [0, 0.05) is 25.8 Å². The Bertz CT molecular complexity index is 319. The molecule has 1 rings (SSSR count). The van der Waals surface area contributed by atoms with E-state index in [2.05, 4.69) is 28.0 Å². The summed E-state index contributed by atoms with van der Waals surface area (Å²) in [6.07, 6.45) is 5.02. The summed E-state index contributed by atoms with van der Waals surface area (Å²) < 4.78 is 0. The molecule has 1 atom stereocenters. The molecule has 0 radical (unpaired) electrons. The summed E-state index contributed by atoms with van der Waals surface area (Å²) in [6, 6.07) is 2.30. The van der Waals surface area contributed by atoms with Crippen LogP contribution in [-0.2, 0) is 6.54 Å². The van der Waals surface area contributed by atoms with Gasteiger partial charge in [-0.2, -0.15) is 11.8 Å². The van der Waals surface area contributed by atoms with Crippen LogP contribution in [-0.4, -0.2) is 35.1 Å². The van der Waals surface area contributed by atoms with Crippen LogP contribution in [0.2, 0.25) is 0 Å². The number of nitrogens with two attached hydrogens (primary N) is 1. The fourth-order valence-corrected chi connectivity index (χ4v) is 1.92. The second-order valence-electron chi connectivity index (χ2n) is 3.79. The van der Waals surface area contributed by atoms with Crippen LogP contribution in [0.25, 0.3) is 0 Å². The molecular weight excluding hydrogens is 220 g/mol. The fourth-order valence-electron chi connectivity index (χ4n) is 1.35. The van der Waals surface area contributed by atoms with Crippen LogP contribution in [0.1, 0.15) is 19.0 Å². The Hall–Kier alpha value is -0.810. The number of rotatable bonds is 6. The molecule has 0 aliphatic rings. The Kier molecular flexibility index (Phi) is 5.55. The molecule has 0 bridgehead atoms. The molecule has 5 heteroatoms. The van der Waals surface area contributed by atoms with Crippen LogP contribution >= 0.6 is 11.8 Å². The van der Waals surface area contributed by atoms with Gasteiger partial charge in [0.1, 0.15) is 0 Å². The van der Waals surface area contributed by atoms with Crippen molar-refractivity contribution in [2.75, 3.05) is 24.0 Å². The van der Waals surface area contributed by atoms with Crippen LogP contribution in [0, 0.1) is 0 Å². The summed E-state index contributed by atoms with van der Waals surface area (Å²) >= 11 is 1.86. The Labute approximate surface area is 102 Å². The zero-order valence-corrected chi connectivity index (χ0v) is 11.0. The number of anilines is 1. The van der Waals surface area contributed by atoms with Gasteiger partial charge in [0.25, 0.3) is 0 Å². The van der Waals surface area contributed by atoms with Gasteiger partial charge in [0.2, 0.25) is 5.95 Å². The highest BCUT2D eigenvalue weighted by atomic mass is 32.2. The first-order chi connectivity index (χ1) is 7.69. The fraction of sp³-hybridized carbons (Fsp3) is 0.636. The lowest BCUT2D eigenvalue weighted by Gasteiger charge is -2.24. The molecule has 1 heterocycles. The van der Waals surface area contributed by atoms with Gasteiger partial charge < -0.3 is 10.6 Å². The lowest BCUT2D eigenvalue weighted by molar-refractivity contribution is 0.651. The summed E-state index contributed by atoms with van der Waals surface area (Å²) in [7, 11) is 2.03. The van der Waals surface area contributed by atoms with Gasteiger partial charge in [-0.3, -0.25) is 0 Å². The van der Waals surface area contributed by atoms with Crippen molar-refractivity contribution in [1.29, 1.82) is 0 Å². The highest BCUT2D eigenvalue weighted by Crippen LogP contribution is 2.12. The van der Waals surface area contributed by atoms with Crippen LogP contribution in [0.15, 0.2) is 12.3 Å². The third-order valence-corrected chi connectivity index (χ3v) is 3.27. The van der Waals surface area contributed by atoms with Gasteiger partial charge in [0.05, 0.1) is 5.69 Å². The zero-order valence-electron chi connectivity index (χ0n) is 10.2. The van der Waals surface area contributed by atoms with Crippen molar-refractivity contribution in [2.24, 2.45) is 5.73 Å². The molecule has 1 unspecified atom stereocenters. The molecular formula is C11H20N4S. The van der Waals surface area contributed by atoms with Gasteiger partial charge in [0.15, 0.2) is 0 Å². The molecule has 1 aromatic heterocycles. The summed E-state index contributed by atoms with van der Waals surface area (Å²) in [6.45, 7) is 2.65. The van der Waals surface area contributed by atoms with E-state index in [-0.39, 0.29) is 0 Å². The molecule has 90 valence electrons. The minimum absolute atomic E-state index is 0.445. The van der Waals surface area contributed by atoms with Crippen LogP contribution in [0.5, 0.6) is 0 Å². The lowest BCUT2D eigenvalue weighted by Crippen LogP contribution is -2.31. The molecule has 0 saturated carbocycles. The van der Waals surface area contributed by atoms with E-state index in [1.165, 1.54) is 0 Å². The van der Waals surface area contributed by atoms with Crippen LogP contribution < -0.4 is 10.6 Å². The molecule has 0 saturated heterocycles. The van der Waals surface area contributed by atoms with Gasteiger partial charge in [-0.25, -0.2) is 9.97 Å². The van der Waals surface area contributed by atoms with Crippen molar-refractivity contribution in [3.63, 3.8) is 0 Å². The second-order valence-corrected chi connectivity index (χ2v) is 4.78. The smallest absolute Gasteiger partial charge is 0.225 e. The summed E-state index contributed by atoms with van der Waals surface area (Å²) in [5.74, 6) is 1.92. The maximum Gasteiger partial charge on any atom is 0.225 e.